The van der Waals surface area contributed by atoms with Crippen LogP contribution in [0.2, 0.25) is 0 Å². The second kappa shape index (κ2) is 8.60. The Morgan fingerprint density at radius 1 is 1.10 bits per heavy atom. The molecule has 2 heterocycles. The zero-order valence-electron chi connectivity index (χ0n) is 16.1. The Bertz CT molecular complexity index is 1250. The van der Waals surface area contributed by atoms with Gasteiger partial charge in [0.25, 0.3) is 0 Å². The molecule has 0 bridgehead atoms. The number of benzene rings is 2. The van der Waals surface area contributed by atoms with Crippen molar-refractivity contribution in [1.29, 1.82) is 0 Å². The predicted octanol–water partition coefficient (Wildman–Crippen LogP) is 6.67. The Kier molecular flexibility index (Phi) is 6.05. The number of thioether (sulfide) groups is 1. The lowest BCUT2D eigenvalue weighted by atomic mass is 10.1. The first-order valence-corrected chi connectivity index (χ1v) is 11.7. The number of carbonyl (C=O) groups is 1. The molecule has 0 aliphatic heterocycles. The van der Waals surface area contributed by atoms with Crippen molar-refractivity contribution in [3.63, 3.8) is 0 Å². The number of carboxylic acids is 1. The lowest BCUT2D eigenvalue weighted by molar-refractivity contribution is -0.138. The van der Waals surface area contributed by atoms with Gasteiger partial charge in [0.15, 0.2) is 0 Å². The van der Waals surface area contributed by atoms with E-state index in [1.807, 2.05) is 25.1 Å². The second-order valence-corrected chi connectivity index (χ2v) is 9.89. The number of fused-ring (bicyclic) bond motifs is 1. The van der Waals surface area contributed by atoms with E-state index in [0.29, 0.717) is 21.3 Å². The van der Waals surface area contributed by atoms with Gasteiger partial charge in [0, 0.05) is 21.1 Å². The van der Waals surface area contributed by atoms with Gasteiger partial charge < -0.3 is 5.11 Å². The summed E-state index contributed by atoms with van der Waals surface area (Å²) < 4.78 is 39.3. The highest BCUT2D eigenvalue weighted by atomic mass is 32.2. The Morgan fingerprint density at radius 3 is 2.52 bits per heavy atom. The number of aromatic nitrogens is 2. The van der Waals surface area contributed by atoms with Gasteiger partial charge in [-0.15, -0.1) is 34.4 Å². The normalized spacial score (nSPS) is 11.9. The topological polar surface area (TPSA) is 63.1 Å². The number of carboxylic acid groups (broad SMARTS) is 1. The Labute approximate surface area is 187 Å². The minimum absolute atomic E-state index is 0.103. The minimum Gasteiger partial charge on any atom is -0.481 e. The van der Waals surface area contributed by atoms with E-state index in [1.165, 1.54) is 34.8 Å². The summed E-state index contributed by atoms with van der Waals surface area (Å²) in [6, 6.07) is 10.8. The first kappa shape index (κ1) is 21.8. The number of nitrogens with zero attached hydrogens (tertiary/aromatic N) is 2. The minimum atomic E-state index is -4.36. The number of halogens is 3. The van der Waals surface area contributed by atoms with Crippen molar-refractivity contribution in [2.45, 2.75) is 30.2 Å². The molecule has 0 spiro atoms. The molecule has 4 aromatic rings. The number of thiazole rings is 2. The molecule has 10 heteroatoms. The SMILES string of the molecule is Cc1nc(-c2ccc(C(F)(F)F)cc2)sc1CSc1cccc2sc(CC(=O)O)nc12. The first-order chi connectivity index (χ1) is 14.7. The molecule has 2 aromatic carbocycles. The van der Waals surface area contributed by atoms with Gasteiger partial charge in [-0.1, -0.05) is 18.2 Å². The van der Waals surface area contributed by atoms with Crippen LogP contribution in [0.5, 0.6) is 0 Å². The monoisotopic (exact) mass is 480 g/mol. The Balaban J connectivity index is 1.53. The fourth-order valence-corrected chi connectivity index (χ4v) is 6.21. The lowest BCUT2D eigenvalue weighted by Gasteiger charge is -2.06. The number of rotatable bonds is 6. The summed E-state index contributed by atoms with van der Waals surface area (Å²) in [5, 5.41) is 10.2. The highest BCUT2D eigenvalue weighted by Crippen LogP contribution is 2.37. The molecule has 0 unspecified atom stereocenters. The molecule has 0 aliphatic carbocycles. The molecule has 4 rings (SSSR count). The molecule has 4 nitrogen and oxygen atoms in total. The van der Waals surface area contributed by atoms with Crippen molar-refractivity contribution in [2.24, 2.45) is 0 Å². The van der Waals surface area contributed by atoms with Crippen molar-refractivity contribution in [2.75, 3.05) is 0 Å². The van der Waals surface area contributed by atoms with Crippen LogP contribution in [0.4, 0.5) is 13.2 Å². The van der Waals surface area contributed by atoms with Crippen LogP contribution in [0.25, 0.3) is 20.8 Å². The van der Waals surface area contributed by atoms with Crippen molar-refractivity contribution in [3.8, 4) is 10.6 Å². The number of para-hydroxylation sites is 1. The first-order valence-electron chi connectivity index (χ1n) is 9.07. The molecule has 0 atom stereocenters. The third kappa shape index (κ3) is 4.91. The average Bonchev–Trinajstić information content (AvgIpc) is 3.28. The molecule has 0 radical (unpaired) electrons. The van der Waals surface area contributed by atoms with Crippen molar-refractivity contribution in [3.05, 3.63) is 63.6 Å². The van der Waals surface area contributed by atoms with Gasteiger partial charge in [-0.2, -0.15) is 13.2 Å². The van der Waals surface area contributed by atoms with Crippen LogP contribution in [-0.2, 0) is 23.1 Å². The standard InChI is InChI=1S/C21H15F3N2O2S3/c1-11-16(31-20(25-11)12-5-7-13(8-6-12)21(22,23)24)10-29-14-3-2-4-15-19(14)26-17(30-15)9-18(27)28/h2-8H,9-10H2,1H3,(H,27,28). The van der Waals surface area contributed by atoms with Crippen LogP contribution in [0.15, 0.2) is 47.4 Å². The zero-order valence-corrected chi connectivity index (χ0v) is 18.5. The highest BCUT2D eigenvalue weighted by Gasteiger charge is 2.30. The predicted molar refractivity (Wildman–Crippen MR) is 118 cm³/mol. The van der Waals surface area contributed by atoms with Gasteiger partial charge in [0.2, 0.25) is 0 Å². The number of aliphatic carboxylic acids is 1. The second-order valence-electron chi connectivity index (χ2n) is 6.67. The number of hydrogen-bond acceptors (Lipinski definition) is 6. The quantitative estimate of drug-likeness (QED) is 0.313. The van der Waals surface area contributed by atoms with Crippen LogP contribution in [0, 0.1) is 6.92 Å². The fraction of sp³-hybridized carbons (Fsp3) is 0.190. The molecule has 0 aliphatic rings. The molecule has 0 amide bonds. The maximum atomic E-state index is 12.8. The number of alkyl halides is 3. The van der Waals surface area contributed by atoms with Crippen LogP contribution in [0.1, 0.15) is 21.1 Å². The molecule has 1 N–H and O–H groups in total. The van der Waals surface area contributed by atoms with Crippen LogP contribution < -0.4 is 0 Å². The number of aryl methyl sites for hydroxylation is 1. The third-order valence-electron chi connectivity index (χ3n) is 4.44. The summed E-state index contributed by atoms with van der Waals surface area (Å²) in [5.74, 6) is -0.279. The smallest absolute Gasteiger partial charge is 0.416 e. The molecular weight excluding hydrogens is 465 g/mol. The summed E-state index contributed by atoms with van der Waals surface area (Å²) in [7, 11) is 0. The summed E-state index contributed by atoms with van der Waals surface area (Å²) in [6.45, 7) is 1.88. The molecular formula is C21H15F3N2O2S3. The van der Waals surface area contributed by atoms with Crippen LogP contribution in [-0.4, -0.2) is 21.0 Å². The highest BCUT2D eigenvalue weighted by molar-refractivity contribution is 7.98. The molecule has 0 saturated heterocycles. The van der Waals surface area contributed by atoms with Crippen LogP contribution >= 0.6 is 34.4 Å². The lowest BCUT2D eigenvalue weighted by Crippen LogP contribution is -2.03. The summed E-state index contributed by atoms with van der Waals surface area (Å²) in [4.78, 5) is 22.0. The Hall–Kier alpha value is -2.43. The summed E-state index contributed by atoms with van der Waals surface area (Å²) in [6.07, 6.45) is -4.46. The van der Waals surface area contributed by atoms with Gasteiger partial charge in [0.1, 0.15) is 10.0 Å². The third-order valence-corrected chi connectivity index (χ3v) is 7.92. The van der Waals surface area contributed by atoms with Gasteiger partial charge in [0.05, 0.1) is 27.9 Å². The van der Waals surface area contributed by atoms with Gasteiger partial charge in [-0.25, -0.2) is 9.97 Å². The summed E-state index contributed by atoms with van der Waals surface area (Å²) >= 11 is 4.41. The largest absolute Gasteiger partial charge is 0.481 e. The summed E-state index contributed by atoms with van der Waals surface area (Å²) in [5.41, 5.74) is 1.60. The van der Waals surface area contributed by atoms with E-state index in [-0.39, 0.29) is 6.42 Å². The Morgan fingerprint density at radius 2 is 1.84 bits per heavy atom. The molecule has 31 heavy (non-hydrogen) atoms. The van der Waals surface area contributed by atoms with Crippen molar-refractivity contribution >= 4 is 50.6 Å². The van der Waals surface area contributed by atoms with Crippen LogP contribution in [0.3, 0.4) is 0 Å². The zero-order chi connectivity index (χ0) is 22.2. The molecule has 0 saturated carbocycles. The van der Waals surface area contributed by atoms with Gasteiger partial charge in [-0.3, -0.25) is 4.79 Å². The van der Waals surface area contributed by atoms with E-state index in [4.69, 9.17) is 5.11 Å². The molecule has 2 aromatic heterocycles. The van der Waals surface area contributed by atoms with E-state index in [1.54, 1.807) is 11.8 Å². The van der Waals surface area contributed by atoms with Gasteiger partial charge in [-0.05, 0) is 31.2 Å². The molecule has 0 fully saturated rings. The molecule has 160 valence electrons. The van der Waals surface area contributed by atoms with E-state index in [2.05, 4.69) is 9.97 Å². The van der Waals surface area contributed by atoms with E-state index >= 15 is 0 Å². The van der Waals surface area contributed by atoms with E-state index < -0.39 is 17.7 Å². The van der Waals surface area contributed by atoms with E-state index in [9.17, 15) is 18.0 Å². The van der Waals surface area contributed by atoms with Crippen molar-refractivity contribution < 1.29 is 23.1 Å². The van der Waals surface area contributed by atoms with E-state index in [0.717, 1.165) is 37.8 Å². The average molecular weight is 481 g/mol. The number of hydrogen-bond donors (Lipinski definition) is 1. The maximum absolute atomic E-state index is 12.8. The van der Waals surface area contributed by atoms with Crippen molar-refractivity contribution in [1.82, 2.24) is 9.97 Å². The van der Waals surface area contributed by atoms with Gasteiger partial charge >= 0.3 is 12.1 Å². The fourth-order valence-electron chi connectivity index (χ4n) is 2.92. The maximum Gasteiger partial charge on any atom is 0.416 e.